The first-order chi connectivity index (χ1) is 12.8. The number of hydrogen-bond donors (Lipinski definition) is 0. The van der Waals surface area contributed by atoms with Crippen LogP contribution in [-0.2, 0) is 10.0 Å². The van der Waals surface area contributed by atoms with Gasteiger partial charge >= 0.3 is 0 Å². The standard InChI is InChI=1S/C17H20Cl2N4O3S/c1-22(2)16-17(21-8-7-20-16)26-13-4-3-9-23(11-13)27(24,25)15-10-12(18)5-6-14(15)19/h5-8,10,13H,3-4,9,11H2,1-2H3. The van der Waals surface area contributed by atoms with Crippen LogP contribution >= 0.6 is 23.2 Å². The van der Waals surface area contributed by atoms with Crippen LogP contribution in [0.1, 0.15) is 12.8 Å². The van der Waals surface area contributed by atoms with Crippen LogP contribution in [-0.4, -0.2) is 56.0 Å². The zero-order valence-corrected chi connectivity index (χ0v) is 17.3. The van der Waals surface area contributed by atoms with Crippen molar-refractivity contribution in [3.05, 3.63) is 40.6 Å². The summed E-state index contributed by atoms with van der Waals surface area (Å²) < 4.78 is 33.4. The molecule has 1 unspecified atom stereocenters. The lowest BCUT2D eigenvalue weighted by Crippen LogP contribution is -2.44. The molecule has 1 aliphatic heterocycles. The quantitative estimate of drug-likeness (QED) is 0.725. The molecule has 1 aliphatic rings. The Morgan fingerprint density at radius 1 is 1.22 bits per heavy atom. The second-order valence-corrected chi connectivity index (χ2v) is 9.15. The molecule has 0 amide bonds. The molecule has 146 valence electrons. The highest BCUT2D eigenvalue weighted by Crippen LogP contribution is 2.30. The minimum absolute atomic E-state index is 0.00537. The van der Waals surface area contributed by atoms with E-state index in [1.54, 1.807) is 23.4 Å². The summed E-state index contributed by atoms with van der Waals surface area (Å²) in [6, 6.07) is 4.41. The second-order valence-electron chi connectivity index (χ2n) is 6.40. The van der Waals surface area contributed by atoms with Crippen molar-refractivity contribution < 1.29 is 13.2 Å². The minimum atomic E-state index is -3.78. The first kappa shape index (κ1) is 20.1. The molecular formula is C17H20Cl2N4O3S. The van der Waals surface area contributed by atoms with Gasteiger partial charge in [0.15, 0.2) is 5.82 Å². The number of anilines is 1. The lowest BCUT2D eigenvalue weighted by atomic mass is 10.1. The predicted octanol–water partition coefficient (Wildman–Crippen LogP) is 3.08. The number of hydrogen-bond acceptors (Lipinski definition) is 6. The maximum atomic E-state index is 13.0. The van der Waals surface area contributed by atoms with E-state index < -0.39 is 10.0 Å². The highest BCUT2D eigenvalue weighted by atomic mass is 35.5. The van der Waals surface area contributed by atoms with Crippen LogP contribution in [0, 0.1) is 0 Å². The molecule has 1 fully saturated rings. The lowest BCUT2D eigenvalue weighted by Gasteiger charge is -2.32. The summed E-state index contributed by atoms with van der Waals surface area (Å²) in [6.07, 6.45) is 4.19. The van der Waals surface area contributed by atoms with Gasteiger partial charge in [0, 0.05) is 38.1 Å². The number of ether oxygens (including phenoxy) is 1. The van der Waals surface area contributed by atoms with Gasteiger partial charge in [-0.15, -0.1) is 0 Å². The number of nitrogens with zero attached hydrogens (tertiary/aromatic N) is 4. The molecule has 1 aromatic carbocycles. The lowest BCUT2D eigenvalue weighted by molar-refractivity contribution is 0.125. The van der Waals surface area contributed by atoms with Gasteiger partial charge in [-0.1, -0.05) is 23.2 Å². The summed E-state index contributed by atoms with van der Waals surface area (Å²) in [5, 5.41) is 0.462. The van der Waals surface area contributed by atoms with Crippen molar-refractivity contribution in [3.8, 4) is 5.88 Å². The number of sulfonamides is 1. The van der Waals surface area contributed by atoms with Crippen molar-refractivity contribution in [3.63, 3.8) is 0 Å². The average molecular weight is 431 g/mol. The maximum Gasteiger partial charge on any atom is 0.257 e. The zero-order chi connectivity index (χ0) is 19.6. The Morgan fingerprint density at radius 2 is 1.96 bits per heavy atom. The predicted molar refractivity (Wildman–Crippen MR) is 105 cm³/mol. The van der Waals surface area contributed by atoms with Crippen LogP contribution in [0.2, 0.25) is 10.0 Å². The fourth-order valence-electron chi connectivity index (χ4n) is 2.90. The Kier molecular flexibility index (Phi) is 6.10. The van der Waals surface area contributed by atoms with Crippen LogP contribution in [0.25, 0.3) is 0 Å². The van der Waals surface area contributed by atoms with E-state index in [1.807, 2.05) is 14.1 Å². The van der Waals surface area contributed by atoms with Crippen molar-refractivity contribution in [1.29, 1.82) is 0 Å². The highest BCUT2D eigenvalue weighted by molar-refractivity contribution is 7.89. The maximum absolute atomic E-state index is 13.0. The smallest absolute Gasteiger partial charge is 0.257 e. The Morgan fingerprint density at radius 3 is 2.70 bits per heavy atom. The molecule has 0 spiro atoms. The summed E-state index contributed by atoms with van der Waals surface area (Å²) in [7, 11) is -0.0906. The largest absolute Gasteiger partial charge is 0.470 e. The first-order valence-corrected chi connectivity index (χ1v) is 10.6. The second kappa shape index (κ2) is 8.18. The Labute approximate surface area is 168 Å². The van der Waals surface area contributed by atoms with Gasteiger partial charge in [-0.2, -0.15) is 4.31 Å². The normalized spacial score (nSPS) is 18.3. The number of rotatable bonds is 5. The van der Waals surface area contributed by atoms with Gasteiger partial charge in [0.1, 0.15) is 11.0 Å². The van der Waals surface area contributed by atoms with Crippen molar-refractivity contribution >= 4 is 39.0 Å². The van der Waals surface area contributed by atoms with E-state index in [0.717, 1.165) is 6.42 Å². The van der Waals surface area contributed by atoms with Gasteiger partial charge in [-0.25, -0.2) is 18.4 Å². The molecular weight excluding hydrogens is 411 g/mol. The summed E-state index contributed by atoms with van der Waals surface area (Å²) in [5.41, 5.74) is 0. The molecule has 2 heterocycles. The third kappa shape index (κ3) is 4.45. The van der Waals surface area contributed by atoms with Gasteiger partial charge in [0.25, 0.3) is 5.88 Å². The summed E-state index contributed by atoms with van der Waals surface area (Å²) in [4.78, 5) is 10.3. The molecule has 3 rings (SSSR count). The van der Waals surface area contributed by atoms with E-state index in [-0.39, 0.29) is 22.6 Å². The fourth-order valence-corrected chi connectivity index (χ4v) is 5.15. The van der Waals surface area contributed by atoms with E-state index in [9.17, 15) is 8.42 Å². The van der Waals surface area contributed by atoms with Crippen molar-refractivity contribution in [1.82, 2.24) is 14.3 Å². The first-order valence-electron chi connectivity index (χ1n) is 8.39. The molecule has 27 heavy (non-hydrogen) atoms. The fraction of sp³-hybridized carbons (Fsp3) is 0.412. The third-order valence-electron chi connectivity index (χ3n) is 4.20. The van der Waals surface area contributed by atoms with E-state index in [4.69, 9.17) is 27.9 Å². The van der Waals surface area contributed by atoms with Crippen molar-refractivity contribution in [2.45, 2.75) is 23.8 Å². The van der Waals surface area contributed by atoms with Crippen LogP contribution in [0.15, 0.2) is 35.5 Å². The third-order valence-corrected chi connectivity index (χ3v) is 6.78. The van der Waals surface area contributed by atoms with E-state index >= 15 is 0 Å². The number of piperidine rings is 1. The highest BCUT2D eigenvalue weighted by Gasteiger charge is 2.33. The zero-order valence-electron chi connectivity index (χ0n) is 15.0. The van der Waals surface area contributed by atoms with Gasteiger partial charge in [-0.3, -0.25) is 0 Å². The Balaban J connectivity index is 1.81. The van der Waals surface area contributed by atoms with Gasteiger partial charge in [0.05, 0.1) is 11.6 Å². The number of benzene rings is 1. The van der Waals surface area contributed by atoms with Crippen LogP contribution in [0.4, 0.5) is 5.82 Å². The molecule has 1 saturated heterocycles. The van der Waals surface area contributed by atoms with Crippen molar-refractivity contribution in [2.75, 3.05) is 32.1 Å². The van der Waals surface area contributed by atoms with E-state index in [0.29, 0.717) is 29.7 Å². The SMILES string of the molecule is CN(C)c1nccnc1OC1CCCN(S(=O)(=O)c2cc(Cl)ccc2Cl)C1. The molecule has 1 atom stereocenters. The van der Waals surface area contributed by atoms with Crippen LogP contribution in [0.5, 0.6) is 5.88 Å². The van der Waals surface area contributed by atoms with Gasteiger partial charge < -0.3 is 9.64 Å². The molecule has 7 nitrogen and oxygen atoms in total. The molecule has 1 aromatic heterocycles. The molecule has 10 heteroatoms. The summed E-state index contributed by atoms with van der Waals surface area (Å²) >= 11 is 12.1. The van der Waals surface area contributed by atoms with Gasteiger partial charge in [-0.05, 0) is 31.0 Å². The van der Waals surface area contributed by atoms with Crippen LogP contribution in [0.3, 0.4) is 0 Å². The summed E-state index contributed by atoms with van der Waals surface area (Å²) in [6.45, 7) is 0.598. The number of aromatic nitrogens is 2. The Hall–Kier alpha value is -1.61. The summed E-state index contributed by atoms with van der Waals surface area (Å²) in [5.74, 6) is 0.975. The number of halogens is 2. The van der Waals surface area contributed by atoms with E-state index in [1.165, 1.54) is 16.4 Å². The molecule has 0 bridgehead atoms. The van der Waals surface area contributed by atoms with Gasteiger partial charge in [0.2, 0.25) is 10.0 Å². The van der Waals surface area contributed by atoms with Crippen molar-refractivity contribution in [2.24, 2.45) is 0 Å². The molecule has 0 radical (unpaired) electrons. The van der Waals surface area contributed by atoms with E-state index in [2.05, 4.69) is 9.97 Å². The molecule has 0 saturated carbocycles. The molecule has 0 aliphatic carbocycles. The monoisotopic (exact) mass is 430 g/mol. The minimum Gasteiger partial charge on any atom is -0.470 e. The average Bonchev–Trinajstić information content (AvgIpc) is 2.64. The Bertz CT molecular complexity index is 924. The molecule has 0 N–H and O–H groups in total. The molecule has 2 aromatic rings. The van der Waals surface area contributed by atoms with Crippen LogP contribution < -0.4 is 9.64 Å². The topological polar surface area (TPSA) is 75.6 Å².